The summed E-state index contributed by atoms with van der Waals surface area (Å²) in [7, 11) is 0. The highest BCUT2D eigenvalue weighted by Gasteiger charge is 2.43. The lowest BCUT2D eigenvalue weighted by molar-refractivity contribution is -0.135. The largest absolute Gasteiger partial charge is 0.427 e. The predicted octanol–water partition coefficient (Wildman–Crippen LogP) is 1.99. The smallest absolute Gasteiger partial charge is 0.399 e. The summed E-state index contributed by atoms with van der Waals surface area (Å²) in [4.78, 5) is 0. The number of nitrogens with two attached hydrogens (primary N) is 1. The molecule has 0 saturated carbocycles. The molecule has 0 spiro atoms. The third kappa shape index (κ3) is 1.43. The molecule has 2 rings (SSSR count). The molecule has 1 atom stereocenters. The summed E-state index contributed by atoms with van der Waals surface area (Å²) in [6.45, 7) is 0. The topological polar surface area (TPSA) is 50.1 Å². The average Bonchev–Trinajstić information content (AvgIpc) is 2.45. The highest BCUT2D eigenvalue weighted by molar-refractivity contribution is 5.77. The van der Waals surface area contributed by atoms with Crippen LogP contribution in [0.15, 0.2) is 18.2 Å². The van der Waals surface area contributed by atoms with Crippen LogP contribution in [0.2, 0.25) is 0 Å². The van der Waals surface area contributed by atoms with Crippen LogP contribution < -0.4 is 16.4 Å². The van der Waals surface area contributed by atoms with Gasteiger partial charge in [0.1, 0.15) is 0 Å². The number of rotatable bonds is 0. The lowest BCUT2D eigenvalue weighted by Crippen LogP contribution is -2.38. The SMILES string of the molecule is Nc1ccc2c(c1)N[C@H](C(F)(F)F)N2. The van der Waals surface area contributed by atoms with Crippen molar-refractivity contribution in [3.8, 4) is 0 Å². The van der Waals surface area contributed by atoms with Crippen LogP contribution in [0.1, 0.15) is 0 Å². The second-order valence-corrected chi connectivity index (χ2v) is 3.07. The molecule has 3 nitrogen and oxygen atoms in total. The van der Waals surface area contributed by atoms with Crippen LogP contribution >= 0.6 is 0 Å². The van der Waals surface area contributed by atoms with E-state index < -0.39 is 12.3 Å². The van der Waals surface area contributed by atoms with Gasteiger partial charge >= 0.3 is 6.18 Å². The first-order valence-corrected chi connectivity index (χ1v) is 3.96. The molecule has 0 saturated heterocycles. The summed E-state index contributed by atoms with van der Waals surface area (Å²) in [6, 6.07) is 4.53. The van der Waals surface area contributed by atoms with Crippen LogP contribution in [0.4, 0.5) is 30.2 Å². The third-order valence-electron chi connectivity index (χ3n) is 1.97. The number of halogens is 3. The Kier molecular flexibility index (Phi) is 1.73. The molecule has 0 bridgehead atoms. The maximum absolute atomic E-state index is 12.3. The van der Waals surface area contributed by atoms with Crippen LogP contribution in [-0.2, 0) is 0 Å². The first-order valence-electron chi connectivity index (χ1n) is 3.96. The molecule has 1 aromatic rings. The van der Waals surface area contributed by atoms with E-state index in [1.807, 2.05) is 0 Å². The highest BCUT2D eigenvalue weighted by Crippen LogP contribution is 2.36. The number of hydrogen-bond donors (Lipinski definition) is 3. The Morgan fingerprint density at radius 2 is 1.79 bits per heavy atom. The zero-order valence-corrected chi connectivity index (χ0v) is 7.02. The molecule has 1 aliphatic heterocycles. The Morgan fingerprint density at radius 3 is 2.43 bits per heavy atom. The van der Waals surface area contributed by atoms with Crippen molar-refractivity contribution in [3.63, 3.8) is 0 Å². The lowest BCUT2D eigenvalue weighted by Gasteiger charge is -2.15. The molecule has 1 aromatic carbocycles. The van der Waals surface area contributed by atoms with E-state index in [0.717, 1.165) is 0 Å². The van der Waals surface area contributed by atoms with Crippen LogP contribution in [0.3, 0.4) is 0 Å². The monoisotopic (exact) mass is 203 g/mol. The number of alkyl halides is 3. The molecule has 0 fully saturated rings. The van der Waals surface area contributed by atoms with Gasteiger partial charge in [-0.05, 0) is 18.2 Å². The van der Waals surface area contributed by atoms with E-state index in [4.69, 9.17) is 5.73 Å². The van der Waals surface area contributed by atoms with Crippen molar-refractivity contribution >= 4 is 17.1 Å². The summed E-state index contributed by atoms with van der Waals surface area (Å²) in [5.74, 6) is 0. The quantitative estimate of drug-likeness (QED) is 0.565. The van der Waals surface area contributed by atoms with Gasteiger partial charge in [0.2, 0.25) is 0 Å². The van der Waals surface area contributed by atoms with Crippen molar-refractivity contribution in [1.29, 1.82) is 0 Å². The number of nitrogens with one attached hydrogen (secondary N) is 2. The van der Waals surface area contributed by atoms with E-state index in [1.165, 1.54) is 12.1 Å². The van der Waals surface area contributed by atoms with E-state index >= 15 is 0 Å². The van der Waals surface area contributed by atoms with Crippen molar-refractivity contribution < 1.29 is 13.2 Å². The summed E-state index contributed by atoms with van der Waals surface area (Å²) in [6.07, 6.45) is -6.03. The molecule has 1 heterocycles. The van der Waals surface area contributed by atoms with Gasteiger partial charge in [0.05, 0.1) is 11.4 Å². The molecule has 1 aliphatic rings. The Morgan fingerprint density at radius 1 is 1.14 bits per heavy atom. The standard InChI is InChI=1S/C8H8F3N3/c9-8(10,11)7-13-5-2-1-4(12)3-6(5)14-7/h1-3,7,13-14H,12H2/t7-/m1/s1. The first kappa shape index (κ1) is 8.98. The van der Waals surface area contributed by atoms with Gasteiger partial charge < -0.3 is 16.4 Å². The summed E-state index contributed by atoms with van der Waals surface area (Å²) < 4.78 is 36.8. The minimum absolute atomic E-state index is 0.382. The van der Waals surface area contributed by atoms with Gasteiger partial charge in [-0.25, -0.2) is 0 Å². The van der Waals surface area contributed by atoms with Gasteiger partial charge in [-0.2, -0.15) is 13.2 Å². The van der Waals surface area contributed by atoms with Gasteiger partial charge in [0.15, 0.2) is 6.17 Å². The minimum atomic E-state index is -4.31. The van der Waals surface area contributed by atoms with Crippen molar-refractivity contribution in [2.75, 3.05) is 16.4 Å². The maximum Gasteiger partial charge on any atom is 0.427 e. The van der Waals surface area contributed by atoms with Gasteiger partial charge in [0.25, 0.3) is 0 Å². The molecule has 0 aromatic heterocycles. The van der Waals surface area contributed by atoms with Gasteiger partial charge in [0, 0.05) is 5.69 Å². The van der Waals surface area contributed by atoms with E-state index in [9.17, 15) is 13.2 Å². The van der Waals surface area contributed by atoms with Crippen LogP contribution in [0.25, 0.3) is 0 Å². The number of fused-ring (bicyclic) bond motifs is 1. The van der Waals surface area contributed by atoms with E-state index in [0.29, 0.717) is 17.1 Å². The van der Waals surface area contributed by atoms with Gasteiger partial charge in [-0.3, -0.25) is 0 Å². The van der Waals surface area contributed by atoms with Crippen molar-refractivity contribution in [2.45, 2.75) is 12.3 Å². The molecule has 6 heteroatoms. The van der Waals surface area contributed by atoms with Crippen molar-refractivity contribution in [1.82, 2.24) is 0 Å². The Balaban J connectivity index is 2.26. The molecule has 76 valence electrons. The molecule has 0 amide bonds. The molecule has 0 aliphatic carbocycles. The van der Waals surface area contributed by atoms with E-state index in [-0.39, 0.29) is 0 Å². The number of benzene rings is 1. The summed E-state index contributed by atoms with van der Waals surface area (Å²) in [5, 5.41) is 4.61. The van der Waals surface area contributed by atoms with Crippen LogP contribution in [-0.4, -0.2) is 12.3 Å². The number of nitrogen functional groups attached to an aromatic ring is 1. The van der Waals surface area contributed by atoms with Gasteiger partial charge in [-0.15, -0.1) is 0 Å². The zero-order chi connectivity index (χ0) is 10.3. The highest BCUT2D eigenvalue weighted by atomic mass is 19.4. The minimum Gasteiger partial charge on any atom is -0.399 e. The third-order valence-corrected chi connectivity index (χ3v) is 1.97. The second-order valence-electron chi connectivity index (χ2n) is 3.07. The number of hydrogen-bond acceptors (Lipinski definition) is 3. The van der Waals surface area contributed by atoms with E-state index in [2.05, 4.69) is 10.6 Å². The van der Waals surface area contributed by atoms with Crippen LogP contribution in [0.5, 0.6) is 0 Å². The Bertz CT molecular complexity index is 361. The first-order chi connectivity index (χ1) is 6.47. The molecule has 0 unspecified atom stereocenters. The molecular weight excluding hydrogens is 195 g/mol. The Labute approximate surface area is 78.1 Å². The average molecular weight is 203 g/mol. The fraction of sp³-hybridized carbons (Fsp3) is 0.250. The maximum atomic E-state index is 12.3. The molecule has 0 radical (unpaired) electrons. The molecular formula is C8H8F3N3. The van der Waals surface area contributed by atoms with E-state index in [1.54, 1.807) is 6.07 Å². The molecule has 4 N–H and O–H groups in total. The fourth-order valence-corrected chi connectivity index (χ4v) is 1.32. The Hall–Kier alpha value is -1.59. The van der Waals surface area contributed by atoms with Gasteiger partial charge in [-0.1, -0.05) is 0 Å². The lowest BCUT2D eigenvalue weighted by atomic mass is 10.2. The normalized spacial score (nSPS) is 19.8. The summed E-state index contributed by atoms with van der Waals surface area (Å²) in [5.41, 5.74) is 6.67. The second kappa shape index (κ2) is 2.70. The molecule has 14 heavy (non-hydrogen) atoms. The summed E-state index contributed by atoms with van der Waals surface area (Å²) >= 11 is 0. The predicted molar refractivity (Wildman–Crippen MR) is 47.9 cm³/mol. The zero-order valence-electron chi connectivity index (χ0n) is 7.02. The van der Waals surface area contributed by atoms with Crippen molar-refractivity contribution in [2.24, 2.45) is 0 Å². The van der Waals surface area contributed by atoms with Crippen molar-refractivity contribution in [3.05, 3.63) is 18.2 Å². The number of anilines is 3. The fourth-order valence-electron chi connectivity index (χ4n) is 1.32. The van der Waals surface area contributed by atoms with Crippen LogP contribution in [0, 0.1) is 0 Å².